The highest BCUT2D eigenvalue weighted by Crippen LogP contribution is 2.23. The van der Waals surface area contributed by atoms with E-state index in [1.807, 2.05) is 0 Å². The molecule has 0 saturated carbocycles. The SMILES string of the molecule is CCc1cc2ccc1=2.CCc1ccc(-c2nnc(CC)s2)cc1. The van der Waals surface area contributed by atoms with E-state index in [9.17, 15) is 0 Å². The third-order valence-corrected chi connectivity index (χ3v) is 5.29. The van der Waals surface area contributed by atoms with Gasteiger partial charge in [0.15, 0.2) is 0 Å². The molecule has 1 heterocycles. The van der Waals surface area contributed by atoms with Crippen molar-refractivity contribution in [2.24, 2.45) is 0 Å². The van der Waals surface area contributed by atoms with Crippen molar-refractivity contribution in [1.82, 2.24) is 10.2 Å². The average Bonchev–Trinajstić information content (AvgIpc) is 3.07. The highest BCUT2D eigenvalue weighted by Gasteiger charge is 2.04. The first kappa shape index (κ1) is 15.9. The summed E-state index contributed by atoms with van der Waals surface area (Å²) >= 11 is 1.68. The predicted octanol–water partition coefficient (Wildman–Crippen LogP) is 5.18. The fourth-order valence-corrected chi connectivity index (χ4v) is 3.34. The van der Waals surface area contributed by atoms with Crippen LogP contribution in [0.4, 0.5) is 0 Å². The minimum Gasteiger partial charge on any atom is -0.143 e. The second kappa shape index (κ2) is 7.05. The van der Waals surface area contributed by atoms with Crippen molar-refractivity contribution < 1.29 is 0 Å². The standard InChI is InChI=1S/C12H14N2S.C8H8/c1-3-9-5-7-10(8-6-9)12-14-13-11(4-2)15-12;1-2-6-5-7-3-4-8(6)7/h5-8H,3-4H2,1-2H3;3-5H,2H2,1H3. The van der Waals surface area contributed by atoms with Gasteiger partial charge in [0, 0.05) is 5.56 Å². The van der Waals surface area contributed by atoms with Crippen molar-refractivity contribution in [2.75, 3.05) is 0 Å². The van der Waals surface area contributed by atoms with Crippen LogP contribution < -0.4 is 0 Å². The number of aromatic nitrogens is 2. The number of hydrogen-bond donors (Lipinski definition) is 0. The largest absolute Gasteiger partial charge is 0.147 e. The first-order valence-electron chi connectivity index (χ1n) is 8.30. The summed E-state index contributed by atoms with van der Waals surface area (Å²) in [6.45, 7) is 6.46. The second-order valence-electron chi connectivity index (χ2n) is 5.63. The van der Waals surface area contributed by atoms with Crippen LogP contribution in [-0.2, 0) is 19.3 Å². The summed E-state index contributed by atoms with van der Waals surface area (Å²) in [5, 5.41) is 13.4. The van der Waals surface area contributed by atoms with Crippen LogP contribution in [0.25, 0.3) is 10.6 Å². The van der Waals surface area contributed by atoms with Gasteiger partial charge in [-0.3, -0.25) is 0 Å². The molecule has 0 spiro atoms. The maximum absolute atomic E-state index is 4.18. The summed E-state index contributed by atoms with van der Waals surface area (Å²) in [6.07, 6.45) is 3.24. The minimum absolute atomic E-state index is 0.963. The Balaban J connectivity index is 0.000000162. The molecular formula is C20H22N2S. The first-order chi connectivity index (χ1) is 11.2. The lowest BCUT2D eigenvalue weighted by atomic mass is 9.98. The zero-order valence-corrected chi connectivity index (χ0v) is 14.8. The molecule has 0 unspecified atom stereocenters. The van der Waals surface area contributed by atoms with Gasteiger partial charge in [-0.25, -0.2) is 0 Å². The average molecular weight is 322 g/mol. The molecule has 2 aromatic rings. The van der Waals surface area contributed by atoms with Gasteiger partial charge in [-0.1, -0.05) is 74.6 Å². The predicted molar refractivity (Wildman–Crippen MR) is 97.6 cm³/mol. The van der Waals surface area contributed by atoms with Crippen molar-refractivity contribution in [3.8, 4) is 10.6 Å². The number of aryl methyl sites for hydroxylation is 3. The van der Waals surface area contributed by atoms with Crippen LogP contribution >= 0.6 is 11.3 Å². The molecule has 23 heavy (non-hydrogen) atoms. The van der Waals surface area contributed by atoms with E-state index in [1.54, 1.807) is 11.3 Å². The Morgan fingerprint density at radius 1 is 0.826 bits per heavy atom. The van der Waals surface area contributed by atoms with Crippen molar-refractivity contribution in [3.05, 3.63) is 69.0 Å². The molecule has 2 aliphatic rings. The minimum atomic E-state index is 0.963. The third-order valence-electron chi connectivity index (χ3n) is 4.18. The molecule has 2 nitrogen and oxygen atoms in total. The van der Waals surface area contributed by atoms with Crippen LogP contribution in [-0.4, -0.2) is 10.2 Å². The molecule has 0 aliphatic heterocycles. The molecule has 1 aromatic carbocycles. The molecular weight excluding hydrogens is 300 g/mol. The van der Waals surface area contributed by atoms with E-state index in [4.69, 9.17) is 0 Å². The zero-order chi connectivity index (χ0) is 16.2. The fraction of sp³-hybridized carbons (Fsp3) is 0.300. The maximum atomic E-state index is 4.18. The van der Waals surface area contributed by atoms with E-state index in [1.165, 1.54) is 33.5 Å². The normalized spacial score (nSPS) is 10.9. The summed E-state index contributed by atoms with van der Waals surface area (Å²) in [5.41, 5.74) is 4.06. The highest BCUT2D eigenvalue weighted by molar-refractivity contribution is 7.14. The van der Waals surface area contributed by atoms with E-state index in [0.29, 0.717) is 0 Å². The van der Waals surface area contributed by atoms with Crippen LogP contribution in [0.2, 0.25) is 0 Å². The van der Waals surface area contributed by atoms with E-state index in [-0.39, 0.29) is 0 Å². The molecule has 0 atom stereocenters. The van der Waals surface area contributed by atoms with Crippen LogP contribution in [0.1, 0.15) is 36.9 Å². The third kappa shape index (κ3) is 3.35. The summed E-state index contributed by atoms with van der Waals surface area (Å²) in [5.74, 6) is 0. The lowest BCUT2D eigenvalue weighted by molar-refractivity contribution is 0.986. The molecule has 0 saturated heterocycles. The first-order valence-corrected chi connectivity index (χ1v) is 9.11. The van der Waals surface area contributed by atoms with Gasteiger partial charge < -0.3 is 0 Å². The molecule has 0 fully saturated rings. The summed E-state index contributed by atoms with van der Waals surface area (Å²) < 4.78 is 0. The molecule has 0 bridgehead atoms. The van der Waals surface area contributed by atoms with Crippen LogP contribution in [0.5, 0.6) is 0 Å². The Morgan fingerprint density at radius 3 is 2.00 bits per heavy atom. The molecule has 0 radical (unpaired) electrons. The van der Waals surface area contributed by atoms with Gasteiger partial charge in [0.25, 0.3) is 0 Å². The van der Waals surface area contributed by atoms with Gasteiger partial charge in [0.05, 0.1) is 0 Å². The van der Waals surface area contributed by atoms with Gasteiger partial charge in [0.2, 0.25) is 0 Å². The molecule has 2 aliphatic carbocycles. The summed E-state index contributed by atoms with van der Waals surface area (Å²) in [4.78, 5) is 0. The van der Waals surface area contributed by atoms with Crippen molar-refractivity contribution in [3.63, 3.8) is 0 Å². The quantitative estimate of drug-likeness (QED) is 0.517. The van der Waals surface area contributed by atoms with Gasteiger partial charge in [0.1, 0.15) is 10.0 Å². The summed E-state index contributed by atoms with van der Waals surface area (Å²) in [6, 6.07) is 15.2. The lowest BCUT2D eigenvalue weighted by Crippen LogP contribution is -1.93. The van der Waals surface area contributed by atoms with E-state index in [2.05, 4.69) is 73.4 Å². The molecule has 3 heteroatoms. The molecule has 1 aromatic heterocycles. The second-order valence-corrected chi connectivity index (χ2v) is 6.69. The van der Waals surface area contributed by atoms with Crippen molar-refractivity contribution >= 4 is 11.3 Å². The molecule has 4 rings (SSSR count). The Bertz CT molecular complexity index is 879. The van der Waals surface area contributed by atoms with Crippen LogP contribution in [0, 0.1) is 10.4 Å². The number of hydrogen-bond acceptors (Lipinski definition) is 3. The van der Waals surface area contributed by atoms with Gasteiger partial charge >= 0.3 is 0 Å². The lowest BCUT2D eigenvalue weighted by Gasteiger charge is -2.07. The molecule has 0 N–H and O–H groups in total. The Labute approximate surface area is 141 Å². The number of benzene rings is 2. The Kier molecular flexibility index (Phi) is 4.87. The summed E-state index contributed by atoms with van der Waals surface area (Å²) in [7, 11) is 0. The van der Waals surface area contributed by atoms with E-state index >= 15 is 0 Å². The highest BCUT2D eigenvalue weighted by atomic mass is 32.1. The van der Waals surface area contributed by atoms with Gasteiger partial charge in [-0.2, -0.15) is 0 Å². The topological polar surface area (TPSA) is 25.8 Å². The van der Waals surface area contributed by atoms with Gasteiger partial charge in [-0.05, 0) is 40.8 Å². The monoisotopic (exact) mass is 322 g/mol. The molecule has 0 amide bonds. The smallest absolute Gasteiger partial charge is 0.143 e. The van der Waals surface area contributed by atoms with E-state index in [0.717, 1.165) is 22.9 Å². The van der Waals surface area contributed by atoms with Crippen LogP contribution in [0.15, 0.2) is 42.5 Å². The number of rotatable bonds is 4. The fourth-order valence-electron chi connectivity index (χ4n) is 2.56. The zero-order valence-electron chi connectivity index (χ0n) is 14.0. The van der Waals surface area contributed by atoms with Crippen molar-refractivity contribution in [1.29, 1.82) is 0 Å². The van der Waals surface area contributed by atoms with Crippen LogP contribution in [0.3, 0.4) is 0 Å². The Morgan fingerprint density at radius 2 is 1.61 bits per heavy atom. The number of nitrogens with zero attached hydrogens (tertiary/aromatic N) is 2. The maximum Gasteiger partial charge on any atom is 0.147 e. The Hall–Kier alpha value is -2.00. The molecule has 118 valence electrons. The van der Waals surface area contributed by atoms with Crippen molar-refractivity contribution in [2.45, 2.75) is 40.0 Å². The van der Waals surface area contributed by atoms with Gasteiger partial charge in [-0.15, -0.1) is 10.2 Å². The van der Waals surface area contributed by atoms with E-state index < -0.39 is 0 Å².